The SMILES string of the molecule is CCCn1c(CBr)nnc1-c1ccc(F)c(C(F)(F)F)c1. The summed E-state index contributed by atoms with van der Waals surface area (Å²) in [6, 6.07) is 2.85. The lowest BCUT2D eigenvalue weighted by atomic mass is 10.1. The standard InChI is InChI=1S/C13H12BrF4N3/c1-2-5-21-11(7-14)19-20-12(21)8-3-4-10(15)9(6-8)13(16,17)18/h3-4,6H,2,5,7H2,1H3. The van der Waals surface area contributed by atoms with Crippen LogP contribution < -0.4 is 0 Å². The highest BCUT2D eigenvalue weighted by atomic mass is 79.9. The van der Waals surface area contributed by atoms with Crippen LogP contribution in [0.4, 0.5) is 17.6 Å². The van der Waals surface area contributed by atoms with Gasteiger partial charge < -0.3 is 4.57 Å². The Hall–Kier alpha value is -1.44. The van der Waals surface area contributed by atoms with Crippen LogP contribution in [0.15, 0.2) is 18.2 Å². The highest BCUT2D eigenvalue weighted by Gasteiger charge is 2.34. The first-order valence-corrected chi connectivity index (χ1v) is 7.35. The molecule has 0 atom stereocenters. The number of halogens is 5. The van der Waals surface area contributed by atoms with Crippen molar-refractivity contribution in [2.75, 3.05) is 0 Å². The third-order valence-corrected chi connectivity index (χ3v) is 3.43. The fraction of sp³-hybridized carbons (Fsp3) is 0.385. The number of alkyl halides is 4. The van der Waals surface area contributed by atoms with E-state index < -0.39 is 17.6 Å². The molecule has 8 heteroatoms. The molecule has 2 rings (SSSR count). The largest absolute Gasteiger partial charge is 0.419 e. The summed E-state index contributed by atoms with van der Waals surface area (Å²) in [6.07, 6.45) is -3.97. The van der Waals surface area contributed by atoms with Crippen LogP contribution in [0.3, 0.4) is 0 Å². The number of hydrogen-bond donors (Lipinski definition) is 0. The van der Waals surface area contributed by atoms with Crippen molar-refractivity contribution in [1.29, 1.82) is 0 Å². The molecule has 1 aromatic carbocycles. The predicted octanol–water partition coefficient (Wildman–Crippen LogP) is 4.41. The molecule has 0 aliphatic heterocycles. The molecule has 0 unspecified atom stereocenters. The highest BCUT2D eigenvalue weighted by Crippen LogP contribution is 2.34. The van der Waals surface area contributed by atoms with Gasteiger partial charge in [0.1, 0.15) is 11.6 Å². The van der Waals surface area contributed by atoms with Crippen molar-refractivity contribution in [2.24, 2.45) is 0 Å². The second-order valence-electron chi connectivity index (χ2n) is 4.42. The summed E-state index contributed by atoms with van der Waals surface area (Å²) in [6.45, 7) is 2.51. The van der Waals surface area contributed by atoms with E-state index in [4.69, 9.17) is 0 Å². The Balaban J connectivity index is 2.55. The van der Waals surface area contributed by atoms with Gasteiger partial charge in [0.15, 0.2) is 5.82 Å². The van der Waals surface area contributed by atoms with Crippen LogP contribution in [0, 0.1) is 5.82 Å². The van der Waals surface area contributed by atoms with Gasteiger partial charge in [0.05, 0.1) is 10.9 Å². The van der Waals surface area contributed by atoms with Crippen molar-refractivity contribution in [3.8, 4) is 11.4 Å². The molecule has 0 saturated heterocycles. The van der Waals surface area contributed by atoms with Crippen LogP contribution in [-0.2, 0) is 18.1 Å². The summed E-state index contributed by atoms with van der Waals surface area (Å²) in [5, 5.41) is 8.29. The molecule has 0 aliphatic rings. The molecule has 0 N–H and O–H groups in total. The monoisotopic (exact) mass is 365 g/mol. The zero-order chi connectivity index (χ0) is 15.6. The Labute approximate surface area is 127 Å². The van der Waals surface area contributed by atoms with Crippen molar-refractivity contribution in [1.82, 2.24) is 14.8 Å². The summed E-state index contributed by atoms with van der Waals surface area (Å²) in [7, 11) is 0. The lowest BCUT2D eigenvalue weighted by Gasteiger charge is -2.11. The molecule has 0 radical (unpaired) electrons. The van der Waals surface area contributed by atoms with Gasteiger partial charge in [-0.05, 0) is 24.6 Å². The highest BCUT2D eigenvalue weighted by molar-refractivity contribution is 9.08. The minimum atomic E-state index is -4.74. The molecule has 1 heterocycles. The van der Waals surface area contributed by atoms with Crippen molar-refractivity contribution in [2.45, 2.75) is 31.4 Å². The third-order valence-electron chi connectivity index (χ3n) is 2.92. The van der Waals surface area contributed by atoms with Crippen LogP contribution in [0.25, 0.3) is 11.4 Å². The van der Waals surface area contributed by atoms with Crippen LogP contribution in [0.1, 0.15) is 24.7 Å². The van der Waals surface area contributed by atoms with E-state index in [9.17, 15) is 17.6 Å². The van der Waals surface area contributed by atoms with Gasteiger partial charge in [-0.1, -0.05) is 22.9 Å². The molecule has 0 saturated carbocycles. The van der Waals surface area contributed by atoms with Gasteiger partial charge in [-0.2, -0.15) is 13.2 Å². The van der Waals surface area contributed by atoms with Gasteiger partial charge in [0.25, 0.3) is 0 Å². The molecule has 114 valence electrons. The van der Waals surface area contributed by atoms with Crippen molar-refractivity contribution in [3.63, 3.8) is 0 Å². The van der Waals surface area contributed by atoms with E-state index in [0.29, 0.717) is 23.5 Å². The number of benzene rings is 1. The maximum Gasteiger partial charge on any atom is 0.419 e. The first kappa shape index (κ1) is 15.9. The molecule has 2 aromatic rings. The summed E-state index contributed by atoms with van der Waals surface area (Å²) < 4.78 is 53.4. The second kappa shape index (κ2) is 6.13. The molecule has 0 fully saturated rings. The van der Waals surface area contributed by atoms with Gasteiger partial charge >= 0.3 is 6.18 Å². The fourth-order valence-electron chi connectivity index (χ4n) is 1.99. The topological polar surface area (TPSA) is 30.7 Å². The fourth-order valence-corrected chi connectivity index (χ4v) is 2.40. The maximum atomic E-state index is 13.3. The molecule has 3 nitrogen and oxygen atoms in total. The Bertz CT molecular complexity index is 637. The zero-order valence-electron chi connectivity index (χ0n) is 11.1. The summed E-state index contributed by atoms with van der Waals surface area (Å²) >= 11 is 3.26. The molecular formula is C13H12BrF4N3. The number of rotatable bonds is 4. The normalized spacial score (nSPS) is 11.9. The quantitative estimate of drug-likeness (QED) is 0.593. The lowest BCUT2D eigenvalue weighted by molar-refractivity contribution is -0.139. The van der Waals surface area contributed by atoms with E-state index in [0.717, 1.165) is 18.6 Å². The smallest absolute Gasteiger partial charge is 0.310 e. The van der Waals surface area contributed by atoms with E-state index in [1.807, 2.05) is 6.92 Å². The van der Waals surface area contributed by atoms with Gasteiger partial charge in [0, 0.05) is 12.1 Å². The molecule has 21 heavy (non-hydrogen) atoms. The third kappa shape index (κ3) is 3.25. The van der Waals surface area contributed by atoms with Crippen LogP contribution >= 0.6 is 15.9 Å². The van der Waals surface area contributed by atoms with E-state index in [1.165, 1.54) is 6.07 Å². The maximum absolute atomic E-state index is 13.3. The number of aromatic nitrogens is 3. The zero-order valence-corrected chi connectivity index (χ0v) is 12.7. The van der Waals surface area contributed by atoms with E-state index in [1.54, 1.807) is 4.57 Å². The summed E-state index contributed by atoms with van der Waals surface area (Å²) in [5.74, 6) is -0.380. The molecule has 0 bridgehead atoms. The van der Waals surface area contributed by atoms with E-state index in [-0.39, 0.29) is 5.56 Å². The predicted molar refractivity (Wildman–Crippen MR) is 73.3 cm³/mol. The first-order chi connectivity index (χ1) is 9.88. The number of hydrogen-bond acceptors (Lipinski definition) is 2. The summed E-state index contributed by atoms with van der Waals surface area (Å²) in [5.41, 5.74) is -1.11. The van der Waals surface area contributed by atoms with Crippen molar-refractivity contribution >= 4 is 15.9 Å². The van der Waals surface area contributed by atoms with Gasteiger partial charge in [0.2, 0.25) is 0 Å². The average molecular weight is 366 g/mol. The van der Waals surface area contributed by atoms with Gasteiger partial charge in [-0.3, -0.25) is 0 Å². The Kier molecular flexibility index (Phi) is 4.65. The summed E-state index contributed by atoms with van der Waals surface area (Å²) in [4.78, 5) is 0. The van der Waals surface area contributed by atoms with Gasteiger partial charge in [-0.15, -0.1) is 10.2 Å². The van der Waals surface area contributed by atoms with Crippen LogP contribution in [0.5, 0.6) is 0 Å². The Morgan fingerprint density at radius 2 is 1.95 bits per heavy atom. The van der Waals surface area contributed by atoms with Gasteiger partial charge in [-0.25, -0.2) is 4.39 Å². The minimum absolute atomic E-state index is 0.192. The molecule has 1 aromatic heterocycles. The van der Waals surface area contributed by atoms with E-state index >= 15 is 0 Å². The molecule has 0 aliphatic carbocycles. The van der Waals surface area contributed by atoms with Crippen molar-refractivity contribution in [3.05, 3.63) is 35.4 Å². The van der Waals surface area contributed by atoms with E-state index in [2.05, 4.69) is 26.1 Å². The molecular weight excluding hydrogens is 354 g/mol. The van der Waals surface area contributed by atoms with Crippen LogP contribution in [0.2, 0.25) is 0 Å². The Morgan fingerprint density at radius 1 is 1.24 bits per heavy atom. The Morgan fingerprint density at radius 3 is 2.52 bits per heavy atom. The minimum Gasteiger partial charge on any atom is -0.310 e. The molecule has 0 amide bonds. The van der Waals surface area contributed by atoms with Crippen molar-refractivity contribution < 1.29 is 17.6 Å². The first-order valence-electron chi connectivity index (χ1n) is 6.23. The second-order valence-corrected chi connectivity index (χ2v) is 4.98. The molecule has 0 spiro atoms. The average Bonchev–Trinajstić information content (AvgIpc) is 2.81. The number of nitrogens with zero attached hydrogens (tertiary/aromatic N) is 3. The van der Waals surface area contributed by atoms with Crippen LogP contribution in [-0.4, -0.2) is 14.8 Å². The lowest BCUT2D eigenvalue weighted by Crippen LogP contribution is -2.09.